The Hall–Kier alpha value is -2.29. The van der Waals surface area contributed by atoms with Gasteiger partial charge in [0, 0.05) is 35.6 Å². The van der Waals surface area contributed by atoms with E-state index in [0.717, 1.165) is 37.5 Å². The van der Waals surface area contributed by atoms with Crippen LogP contribution in [0.15, 0.2) is 48.5 Å². The minimum absolute atomic E-state index is 0.0745. The number of nitrogens with one attached hydrogen (secondary N) is 1. The van der Waals surface area contributed by atoms with Gasteiger partial charge in [0.05, 0.1) is 11.9 Å². The Labute approximate surface area is 223 Å². The standard InChI is InChI=1S/C26H33Cl2N3O4S/c1-19(26(33)29-22-9-4-5-10-22)30(18-20-8-3-6-11-24(20)28)25(32)12-7-17-31(36(2,34)35)23-15-13-21(27)14-16-23/h3,6,8,11,13-16,19,22H,4-5,7,9-10,12,17-18H2,1-2H3,(H,29,33)/t19-/m0/s1. The fourth-order valence-corrected chi connectivity index (χ4v) is 5.68. The molecule has 0 radical (unpaired) electrons. The van der Waals surface area contributed by atoms with Gasteiger partial charge < -0.3 is 10.2 Å². The number of amides is 2. The molecule has 0 bridgehead atoms. The summed E-state index contributed by atoms with van der Waals surface area (Å²) >= 11 is 12.3. The predicted octanol–water partition coefficient (Wildman–Crippen LogP) is 5.02. The molecule has 10 heteroatoms. The van der Waals surface area contributed by atoms with E-state index >= 15 is 0 Å². The number of anilines is 1. The lowest BCUT2D eigenvalue weighted by Crippen LogP contribution is -2.49. The first-order chi connectivity index (χ1) is 17.1. The highest BCUT2D eigenvalue weighted by molar-refractivity contribution is 7.92. The zero-order chi connectivity index (χ0) is 26.3. The van der Waals surface area contributed by atoms with E-state index in [-0.39, 0.29) is 43.8 Å². The third kappa shape index (κ3) is 7.85. The maximum Gasteiger partial charge on any atom is 0.242 e. The Bertz CT molecular complexity index is 1150. The smallest absolute Gasteiger partial charge is 0.242 e. The second kappa shape index (κ2) is 12.8. The van der Waals surface area contributed by atoms with E-state index in [1.165, 1.54) is 9.21 Å². The molecule has 1 fully saturated rings. The van der Waals surface area contributed by atoms with Gasteiger partial charge in [-0.3, -0.25) is 13.9 Å². The van der Waals surface area contributed by atoms with Crippen LogP contribution >= 0.6 is 23.2 Å². The Morgan fingerprint density at radius 3 is 2.31 bits per heavy atom. The molecule has 196 valence electrons. The van der Waals surface area contributed by atoms with E-state index in [0.29, 0.717) is 15.7 Å². The van der Waals surface area contributed by atoms with Gasteiger partial charge in [-0.1, -0.05) is 54.2 Å². The van der Waals surface area contributed by atoms with Crippen molar-refractivity contribution in [1.82, 2.24) is 10.2 Å². The first kappa shape index (κ1) is 28.3. The minimum atomic E-state index is -3.56. The third-order valence-electron chi connectivity index (χ3n) is 6.43. The van der Waals surface area contributed by atoms with Gasteiger partial charge >= 0.3 is 0 Å². The topological polar surface area (TPSA) is 86.8 Å². The maximum atomic E-state index is 13.4. The van der Waals surface area contributed by atoms with Crippen LogP contribution in [-0.4, -0.2) is 50.0 Å². The van der Waals surface area contributed by atoms with Crippen LogP contribution in [0.4, 0.5) is 5.69 Å². The molecule has 0 saturated heterocycles. The largest absolute Gasteiger partial charge is 0.352 e. The fourth-order valence-electron chi connectivity index (χ4n) is 4.40. The third-order valence-corrected chi connectivity index (χ3v) is 8.25. The molecule has 0 unspecified atom stereocenters. The molecule has 2 amide bonds. The molecule has 1 aliphatic carbocycles. The van der Waals surface area contributed by atoms with E-state index < -0.39 is 16.1 Å². The van der Waals surface area contributed by atoms with Crippen molar-refractivity contribution < 1.29 is 18.0 Å². The molecule has 2 aromatic rings. The van der Waals surface area contributed by atoms with Gasteiger partial charge in [-0.05, 0) is 62.1 Å². The number of carbonyl (C=O) groups is 2. The van der Waals surface area contributed by atoms with Crippen molar-refractivity contribution in [2.24, 2.45) is 0 Å². The Morgan fingerprint density at radius 1 is 1.06 bits per heavy atom. The summed E-state index contributed by atoms with van der Waals surface area (Å²) in [6.07, 6.45) is 5.56. The van der Waals surface area contributed by atoms with E-state index in [1.807, 2.05) is 18.2 Å². The van der Waals surface area contributed by atoms with Crippen LogP contribution in [0.25, 0.3) is 0 Å². The highest BCUT2D eigenvalue weighted by atomic mass is 35.5. The molecule has 1 saturated carbocycles. The number of rotatable bonds is 11. The molecule has 0 spiro atoms. The molecule has 1 N–H and O–H groups in total. The molecule has 2 aromatic carbocycles. The quantitative estimate of drug-likeness (QED) is 0.423. The monoisotopic (exact) mass is 553 g/mol. The number of hydrogen-bond acceptors (Lipinski definition) is 4. The summed E-state index contributed by atoms with van der Waals surface area (Å²) in [5, 5.41) is 4.09. The zero-order valence-corrected chi connectivity index (χ0v) is 23.0. The van der Waals surface area contributed by atoms with Gasteiger partial charge in [0.15, 0.2) is 0 Å². The van der Waals surface area contributed by atoms with Crippen molar-refractivity contribution in [3.63, 3.8) is 0 Å². The van der Waals surface area contributed by atoms with E-state index in [9.17, 15) is 18.0 Å². The average Bonchev–Trinajstić information content (AvgIpc) is 3.34. The van der Waals surface area contributed by atoms with Crippen molar-refractivity contribution in [2.75, 3.05) is 17.1 Å². The molecule has 1 aliphatic rings. The predicted molar refractivity (Wildman–Crippen MR) is 145 cm³/mol. The number of benzene rings is 2. The number of halogens is 2. The normalized spacial score (nSPS) is 14.9. The Morgan fingerprint density at radius 2 is 1.69 bits per heavy atom. The van der Waals surface area contributed by atoms with Crippen LogP contribution in [0.5, 0.6) is 0 Å². The van der Waals surface area contributed by atoms with Crippen LogP contribution in [0, 0.1) is 0 Å². The zero-order valence-electron chi connectivity index (χ0n) is 20.6. The summed E-state index contributed by atoms with van der Waals surface area (Å²) in [4.78, 5) is 27.9. The highest BCUT2D eigenvalue weighted by Crippen LogP contribution is 2.23. The lowest BCUT2D eigenvalue weighted by molar-refractivity contribution is -0.140. The number of carbonyl (C=O) groups excluding carboxylic acids is 2. The summed E-state index contributed by atoms with van der Waals surface area (Å²) in [6.45, 7) is 2.02. The summed E-state index contributed by atoms with van der Waals surface area (Å²) in [5.41, 5.74) is 1.22. The lowest BCUT2D eigenvalue weighted by atomic mass is 10.1. The number of hydrogen-bond donors (Lipinski definition) is 1. The highest BCUT2D eigenvalue weighted by Gasteiger charge is 2.29. The van der Waals surface area contributed by atoms with Gasteiger partial charge in [-0.15, -0.1) is 0 Å². The Kier molecular flexibility index (Phi) is 10.0. The second-order valence-electron chi connectivity index (χ2n) is 9.19. The van der Waals surface area contributed by atoms with Gasteiger partial charge in [0.1, 0.15) is 6.04 Å². The Balaban J connectivity index is 1.72. The van der Waals surface area contributed by atoms with E-state index in [2.05, 4.69) is 5.32 Å². The number of nitrogens with zero attached hydrogens (tertiary/aromatic N) is 2. The number of sulfonamides is 1. The average molecular weight is 555 g/mol. The molecule has 1 atom stereocenters. The van der Waals surface area contributed by atoms with E-state index in [4.69, 9.17) is 23.2 Å². The van der Waals surface area contributed by atoms with Crippen LogP contribution in [0.2, 0.25) is 10.0 Å². The molecule has 7 nitrogen and oxygen atoms in total. The molecular formula is C26H33Cl2N3O4S. The maximum absolute atomic E-state index is 13.4. The van der Waals surface area contributed by atoms with Crippen molar-refractivity contribution >= 4 is 50.7 Å². The molecule has 36 heavy (non-hydrogen) atoms. The van der Waals surface area contributed by atoms with Gasteiger partial charge in [-0.25, -0.2) is 8.42 Å². The van der Waals surface area contributed by atoms with Crippen molar-refractivity contribution in [3.05, 3.63) is 64.1 Å². The van der Waals surface area contributed by atoms with Gasteiger partial charge in [0.2, 0.25) is 21.8 Å². The summed E-state index contributed by atoms with van der Waals surface area (Å²) < 4.78 is 26.0. The summed E-state index contributed by atoms with van der Waals surface area (Å²) in [6, 6.07) is 13.2. The van der Waals surface area contributed by atoms with Crippen LogP contribution in [-0.2, 0) is 26.2 Å². The summed E-state index contributed by atoms with van der Waals surface area (Å²) in [7, 11) is -3.56. The van der Waals surface area contributed by atoms with Crippen molar-refractivity contribution in [2.45, 2.75) is 64.1 Å². The fraction of sp³-hybridized carbons (Fsp3) is 0.462. The van der Waals surface area contributed by atoms with E-state index in [1.54, 1.807) is 37.3 Å². The lowest BCUT2D eigenvalue weighted by Gasteiger charge is -2.30. The van der Waals surface area contributed by atoms with Crippen LogP contribution in [0.1, 0.15) is 51.0 Å². The molecule has 0 heterocycles. The molecule has 0 aliphatic heterocycles. The molecule has 0 aromatic heterocycles. The van der Waals surface area contributed by atoms with Crippen LogP contribution in [0.3, 0.4) is 0 Å². The second-order valence-corrected chi connectivity index (χ2v) is 11.9. The molecule has 3 rings (SSSR count). The molecular weight excluding hydrogens is 521 g/mol. The minimum Gasteiger partial charge on any atom is -0.352 e. The van der Waals surface area contributed by atoms with Gasteiger partial charge in [-0.2, -0.15) is 0 Å². The first-order valence-corrected chi connectivity index (χ1v) is 14.7. The van der Waals surface area contributed by atoms with Crippen molar-refractivity contribution in [3.8, 4) is 0 Å². The van der Waals surface area contributed by atoms with Gasteiger partial charge in [0.25, 0.3) is 0 Å². The summed E-state index contributed by atoms with van der Waals surface area (Å²) in [5.74, 6) is -0.435. The SMILES string of the molecule is C[C@@H](C(=O)NC1CCCC1)N(Cc1ccccc1Cl)C(=O)CCCN(c1ccc(Cl)cc1)S(C)(=O)=O. The van der Waals surface area contributed by atoms with Crippen LogP contribution < -0.4 is 9.62 Å². The first-order valence-electron chi connectivity index (χ1n) is 12.1. The van der Waals surface area contributed by atoms with Crippen molar-refractivity contribution in [1.29, 1.82) is 0 Å².